The second-order valence-corrected chi connectivity index (χ2v) is 7.74. The highest BCUT2D eigenvalue weighted by molar-refractivity contribution is 4.90. The first-order valence-corrected chi connectivity index (χ1v) is 10.5. The van der Waals surface area contributed by atoms with Crippen LogP contribution in [0.5, 0.6) is 0 Å². The molecule has 0 aromatic heterocycles. The van der Waals surface area contributed by atoms with Crippen molar-refractivity contribution in [3.8, 4) is 0 Å². The first-order valence-electron chi connectivity index (χ1n) is 10.5. The summed E-state index contributed by atoms with van der Waals surface area (Å²) in [5.74, 6) is 0. The molecule has 0 aromatic carbocycles. The molecule has 0 saturated carbocycles. The van der Waals surface area contributed by atoms with E-state index in [9.17, 15) is 30.6 Å². The van der Waals surface area contributed by atoms with Gasteiger partial charge >= 0.3 is 0 Å². The van der Waals surface area contributed by atoms with Crippen molar-refractivity contribution < 1.29 is 49.6 Å². The second-order valence-electron chi connectivity index (χ2n) is 7.74. The molecule has 0 radical (unpaired) electrons. The lowest BCUT2D eigenvalue weighted by Gasteiger charge is -2.41. The summed E-state index contributed by atoms with van der Waals surface area (Å²) < 4.78 is 21.6. The Balaban J connectivity index is 1.77. The fraction of sp³-hybridized carbons (Fsp3) is 1.00. The summed E-state index contributed by atoms with van der Waals surface area (Å²) in [4.78, 5) is 0. The normalized spacial score (nSPS) is 40.9. The average molecular weight is 424 g/mol. The van der Waals surface area contributed by atoms with Crippen molar-refractivity contribution in [1.29, 1.82) is 0 Å². The summed E-state index contributed by atoms with van der Waals surface area (Å²) in [5, 5.41) is 59.3. The van der Waals surface area contributed by atoms with Gasteiger partial charge in [0.05, 0.1) is 13.2 Å². The number of aliphatic hydroxyl groups is 6. The van der Waals surface area contributed by atoms with Gasteiger partial charge in [0.1, 0.15) is 42.7 Å². The summed E-state index contributed by atoms with van der Waals surface area (Å²) in [6, 6.07) is 0. The van der Waals surface area contributed by atoms with Crippen molar-refractivity contribution in [3.05, 3.63) is 0 Å². The monoisotopic (exact) mass is 424 g/mol. The zero-order valence-corrected chi connectivity index (χ0v) is 16.9. The molecule has 0 bridgehead atoms. The van der Waals surface area contributed by atoms with E-state index >= 15 is 0 Å². The Morgan fingerprint density at radius 1 is 0.724 bits per heavy atom. The zero-order valence-electron chi connectivity index (χ0n) is 16.9. The second kappa shape index (κ2) is 12.5. The third-order valence-corrected chi connectivity index (χ3v) is 5.33. The summed E-state index contributed by atoms with van der Waals surface area (Å²) in [6.45, 7) is 1.99. The van der Waals surface area contributed by atoms with E-state index < -0.39 is 55.3 Å². The summed E-state index contributed by atoms with van der Waals surface area (Å²) >= 11 is 0. The van der Waals surface area contributed by atoms with Crippen LogP contribution in [-0.2, 0) is 18.9 Å². The van der Waals surface area contributed by atoms with Gasteiger partial charge in [-0.3, -0.25) is 0 Å². The molecule has 2 rings (SSSR count). The molecule has 6 N–H and O–H groups in total. The first-order chi connectivity index (χ1) is 13.9. The highest BCUT2D eigenvalue weighted by Crippen LogP contribution is 2.24. The van der Waals surface area contributed by atoms with Crippen LogP contribution in [0.2, 0.25) is 0 Å². The minimum atomic E-state index is -1.49. The first kappa shape index (κ1) is 24.9. The molecule has 9 atom stereocenters. The van der Waals surface area contributed by atoms with E-state index in [0.717, 1.165) is 19.3 Å². The molecule has 2 aliphatic heterocycles. The molecule has 3 unspecified atom stereocenters. The quantitative estimate of drug-likeness (QED) is 0.218. The molecule has 0 spiro atoms. The van der Waals surface area contributed by atoms with Gasteiger partial charge in [0.25, 0.3) is 0 Å². The topological polar surface area (TPSA) is 158 Å². The number of hydrogen-bond acceptors (Lipinski definition) is 10. The fourth-order valence-electron chi connectivity index (χ4n) is 3.39. The largest absolute Gasteiger partial charge is 0.388 e. The van der Waals surface area contributed by atoms with Gasteiger partial charge in [-0.05, 0) is 6.42 Å². The fourth-order valence-corrected chi connectivity index (χ4v) is 3.39. The Morgan fingerprint density at radius 3 is 2.10 bits per heavy atom. The van der Waals surface area contributed by atoms with E-state index in [-0.39, 0.29) is 13.2 Å². The molecule has 10 heteroatoms. The SMILES string of the molecule is CCCCCCCCOC1OC(CO[C@@H]2OC[C@H](O)[C@H](O)[C@H]2O)[C@@H](O)C(O)[C@H]1O. The third-order valence-electron chi connectivity index (χ3n) is 5.33. The molecule has 2 aliphatic rings. The Kier molecular flexibility index (Phi) is 10.7. The van der Waals surface area contributed by atoms with E-state index in [1.807, 2.05) is 0 Å². The van der Waals surface area contributed by atoms with E-state index in [2.05, 4.69) is 6.92 Å². The van der Waals surface area contributed by atoms with E-state index in [0.29, 0.717) is 6.61 Å². The van der Waals surface area contributed by atoms with Crippen LogP contribution in [0.3, 0.4) is 0 Å². The van der Waals surface area contributed by atoms with Crippen LogP contribution in [0.25, 0.3) is 0 Å². The van der Waals surface area contributed by atoms with Gasteiger partial charge in [0.2, 0.25) is 0 Å². The van der Waals surface area contributed by atoms with E-state index in [4.69, 9.17) is 18.9 Å². The smallest absolute Gasteiger partial charge is 0.186 e. The molecular weight excluding hydrogens is 388 g/mol. The van der Waals surface area contributed by atoms with Crippen molar-refractivity contribution in [3.63, 3.8) is 0 Å². The lowest BCUT2D eigenvalue weighted by molar-refractivity contribution is -0.320. The van der Waals surface area contributed by atoms with E-state index in [1.54, 1.807) is 0 Å². The van der Waals surface area contributed by atoms with Crippen LogP contribution in [0.1, 0.15) is 45.4 Å². The van der Waals surface area contributed by atoms with Crippen LogP contribution in [-0.4, -0.2) is 106 Å². The maximum atomic E-state index is 10.1. The maximum Gasteiger partial charge on any atom is 0.186 e. The van der Waals surface area contributed by atoms with Gasteiger partial charge in [-0.2, -0.15) is 0 Å². The number of aliphatic hydroxyl groups excluding tert-OH is 6. The van der Waals surface area contributed by atoms with Crippen LogP contribution in [0.15, 0.2) is 0 Å². The van der Waals surface area contributed by atoms with Crippen LogP contribution < -0.4 is 0 Å². The molecule has 2 heterocycles. The van der Waals surface area contributed by atoms with Crippen molar-refractivity contribution in [2.75, 3.05) is 19.8 Å². The zero-order chi connectivity index (χ0) is 21.4. The number of hydrogen-bond donors (Lipinski definition) is 6. The molecule has 10 nitrogen and oxygen atoms in total. The number of ether oxygens (including phenoxy) is 4. The van der Waals surface area contributed by atoms with Gasteiger partial charge in [0.15, 0.2) is 12.6 Å². The molecular formula is C19H36O10. The standard InChI is InChI=1S/C19H36O10/c1-2-3-4-5-6-7-8-26-19-17(25)15(23)14(22)12(29-19)10-28-18-16(24)13(21)11(20)9-27-18/h11-25H,2-10H2,1H3/t11-,12?,13-,14+,15?,16+,17+,18-,19?/m0/s1. The summed E-state index contributed by atoms with van der Waals surface area (Å²) in [5.41, 5.74) is 0. The number of rotatable bonds is 11. The lowest BCUT2D eigenvalue weighted by atomic mass is 9.99. The Hall–Kier alpha value is -0.400. The summed E-state index contributed by atoms with van der Waals surface area (Å²) in [7, 11) is 0. The molecule has 0 aromatic rings. The van der Waals surface area contributed by atoms with Crippen molar-refractivity contribution in [2.24, 2.45) is 0 Å². The average Bonchev–Trinajstić information content (AvgIpc) is 2.71. The van der Waals surface area contributed by atoms with Gasteiger partial charge in [-0.1, -0.05) is 39.0 Å². The van der Waals surface area contributed by atoms with Gasteiger partial charge in [-0.15, -0.1) is 0 Å². The highest BCUT2D eigenvalue weighted by Gasteiger charge is 2.45. The Bertz CT molecular complexity index is 453. The molecule has 0 amide bonds. The minimum absolute atomic E-state index is 0.220. The maximum absolute atomic E-state index is 10.1. The summed E-state index contributed by atoms with van der Waals surface area (Å²) in [6.07, 6.45) is -5.42. The van der Waals surface area contributed by atoms with Crippen molar-refractivity contribution in [1.82, 2.24) is 0 Å². The predicted molar refractivity (Wildman–Crippen MR) is 99.7 cm³/mol. The van der Waals surface area contributed by atoms with Gasteiger partial charge in [0, 0.05) is 6.61 Å². The highest BCUT2D eigenvalue weighted by atomic mass is 16.7. The number of unbranched alkanes of at least 4 members (excludes halogenated alkanes) is 5. The minimum Gasteiger partial charge on any atom is -0.388 e. The lowest BCUT2D eigenvalue weighted by Crippen LogP contribution is -2.60. The Morgan fingerprint density at radius 2 is 1.38 bits per heavy atom. The molecule has 172 valence electrons. The van der Waals surface area contributed by atoms with Crippen LogP contribution >= 0.6 is 0 Å². The predicted octanol–water partition coefficient (Wildman–Crippen LogP) is -1.37. The van der Waals surface area contributed by atoms with Crippen molar-refractivity contribution in [2.45, 2.75) is 101 Å². The third kappa shape index (κ3) is 7.06. The van der Waals surface area contributed by atoms with Gasteiger partial charge < -0.3 is 49.6 Å². The Labute approximate surface area is 171 Å². The van der Waals surface area contributed by atoms with Crippen LogP contribution in [0, 0.1) is 0 Å². The van der Waals surface area contributed by atoms with Gasteiger partial charge in [-0.25, -0.2) is 0 Å². The molecule has 0 aliphatic carbocycles. The van der Waals surface area contributed by atoms with E-state index in [1.165, 1.54) is 19.3 Å². The molecule has 29 heavy (non-hydrogen) atoms. The van der Waals surface area contributed by atoms with Crippen molar-refractivity contribution >= 4 is 0 Å². The molecule has 2 saturated heterocycles. The van der Waals surface area contributed by atoms with Crippen LogP contribution in [0.4, 0.5) is 0 Å². The molecule has 2 fully saturated rings.